The average Bonchev–Trinajstić information content (AvgIpc) is 2.11. The molecule has 0 bridgehead atoms. The summed E-state index contributed by atoms with van der Waals surface area (Å²) in [6.45, 7) is 14.6. The first kappa shape index (κ1) is 14.2. The summed E-state index contributed by atoms with van der Waals surface area (Å²) in [7, 11) is 0. The first-order valence-corrected chi connectivity index (χ1v) is 5.85. The normalized spacial score (nSPS) is 12.7. The molecule has 90 valence electrons. The van der Waals surface area contributed by atoms with Gasteiger partial charge in [-0.3, -0.25) is 5.43 Å². The fourth-order valence-corrected chi connectivity index (χ4v) is 1.16. The number of rotatable bonds is 5. The maximum atomic E-state index is 4.51. The van der Waals surface area contributed by atoms with Crippen LogP contribution < -0.4 is 10.7 Å². The summed E-state index contributed by atoms with van der Waals surface area (Å²) < 4.78 is 0. The molecule has 0 rings (SSSR count). The van der Waals surface area contributed by atoms with Gasteiger partial charge < -0.3 is 5.32 Å². The lowest BCUT2D eigenvalue weighted by Crippen LogP contribution is -2.50. The molecule has 0 radical (unpaired) electrons. The fraction of sp³-hybridized carbons (Fsp3) is 0.909. The van der Waals surface area contributed by atoms with Crippen LogP contribution >= 0.6 is 0 Å². The predicted molar refractivity (Wildman–Crippen MR) is 66.9 cm³/mol. The molecule has 4 heteroatoms. The molecule has 0 aromatic rings. The van der Waals surface area contributed by atoms with Crippen molar-refractivity contribution in [3.05, 3.63) is 0 Å². The highest BCUT2D eigenvalue weighted by molar-refractivity contribution is 5.79. The summed E-state index contributed by atoms with van der Waals surface area (Å²) in [4.78, 5) is 4.51. The number of hydrazine groups is 1. The molecule has 0 saturated carbocycles. The molecule has 0 heterocycles. The molecule has 0 fully saturated rings. The van der Waals surface area contributed by atoms with Crippen molar-refractivity contribution >= 4 is 5.96 Å². The second-order valence-corrected chi connectivity index (χ2v) is 4.15. The Bertz CT molecular complexity index is 183. The second-order valence-electron chi connectivity index (χ2n) is 4.15. The van der Waals surface area contributed by atoms with E-state index in [1.165, 1.54) is 0 Å². The van der Waals surface area contributed by atoms with E-state index in [1.54, 1.807) is 0 Å². The summed E-state index contributed by atoms with van der Waals surface area (Å²) in [5, 5.41) is 5.43. The van der Waals surface area contributed by atoms with E-state index >= 15 is 0 Å². The number of hydrogen-bond acceptors (Lipinski definition) is 2. The lowest BCUT2D eigenvalue weighted by atomic mass is 10.4. The molecule has 0 aliphatic heterocycles. The van der Waals surface area contributed by atoms with Crippen LogP contribution in [0.1, 0.15) is 41.5 Å². The van der Waals surface area contributed by atoms with Gasteiger partial charge in [-0.1, -0.05) is 13.8 Å². The van der Waals surface area contributed by atoms with Crippen LogP contribution in [0.15, 0.2) is 4.99 Å². The van der Waals surface area contributed by atoms with Gasteiger partial charge in [0.1, 0.15) is 0 Å². The van der Waals surface area contributed by atoms with E-state index in [9.17, 15) is 0 Å². The Morgan fingerprint density at radius 2 is 1.67 bits per heavy atom. The zero-order valence-corrected chi connectivity index (χ0v) is 11.0. The van der Waals surface area contributed by atoms with Gasteiger partial charge in [0.15, 0.2) is 0 Å². The average molecular weight is 214 g/mol. The van der Waals surface area contributed by atoms with Crippen molar-refractivity contribution in [2.45, 2.75) is 53.6 Å². The Hall–Kier alpha value is -0.770. The third kappa shape index (κ3) is 7.19. The van der Waals surface area contributed by atoms with Crippen molar-refractivity contribution in [1.82, 2.24) is 15.8 Å². The summed E-state index contributed by atoms with van der Waals surface area (Å²) in [5.41, 5.74) is 3.29. The minimum atomic E-state index is 0.300. The topological polar surface area (TPSA) is 39.7 Å². The second kappa shape index (κ2) is 7.51. The Labute approximate surface area is 94.1 Å². The zero-order chi connectivity index (χ0) is 11.8. The van der Waals surface area contributed by atoms with Crippen LogP contribution in [0.5, 0.6) is 0 Å². The van der Waals surface area contributed by atoms with Gasteiger partial charge in [-0.05, 0) is 27.7 Å². The molecule has 0 unspecified atom stereocenters. The molecule has 0 amide bonds. The van der Waals surface area contributed by atoms with Crippen molar-refractivity contribution in [2.24, 2.45) is 4.99 Å². The van der Waals surface area contributed by atoms with Crippen LogP contribution in [0.3, 0.4) is 0 Å². The van der Waals surface area contributed by atoms with E-state index in [1.807, 2.05) is 0 Å². The van der Waals surface area contributed by atoms with Gasteiger partial charge >= 0.3 is 0 Å². The van der Waals surface area contributed by atoms with Gasteiger partial charge in [0.25, 0.3) is 0 Å². The molecular formula is C11H26N4. The summed E-state index contributed by atoms with van der Waals surface area (Å²) in [6, 6.07) is 0.694. The lowest BCUT2D eigenvalue weighted by molar-refractivity contribution is 0.257. The van der Waals surface area contributed by atoms with Crippen LogP contribution in [0, 0.1) is 0 Å². The molecule has 0 aliphatic rings. The standard InChI is InChI=1S/C11H26N4/c1-7-15(8-2)14-11(12-9(3)4)13-10(5)6/h9-10H,7-8H2,1-6H3,(H2,12,13,14). The zero-order valence-electron chi connectivity index (χ0n) is 11.0. The lowest BCUT2D eigenvalue weighted by Gasteiger charge is -2.24. The minimum Gasteiger partial charge on any atom is -0.353 e. The van der Waals surface area contributed by atoms with Crippen LogP contribution in [-0.2, 0) is 0 Å². The Balaban J connectivity index is 4.36. The summed E-state index contributed by atoms with van der Waals surface area (Å²) >= 11 is 0. The first-order chi connectivity index (χ1) is 6.99. The minimum absolute atomic E-state index is 0.300. The third-order valence-electron chi connectivity index (χ3n) is 1.84. The van der Waals surface area contributed by atoms with Crippen LogP contribution in [-0.4, -0.2) is 36.1 Å². The number of guanidine groups is 1. The Morgan fingerprint density at radius 3 is 2.00 bits per heavy atom. The molecule has 0 saturated heterocycles. The van der Waals surface area contributed by atoms with Crippen LogP contribution in [0.4, 0.5) is 0 Å². The number of nitrogens with zero attached hydrogens (tertiary/aromatic N) is 2. The highest BCUT2D eigenvalue weighted by Crippen LogP contribution is 1.89. The highest BCUT2D eigenvalue weighted by Gasteiger charge is 2.05. The van der Waals surface area contributed by atoms with Crippen LogP contribution in [0.2, 0.25) is 0 Å². The van der Waals surface area contributed by atoms with Gasteiger partial charge in [-0.15, -0.1) is 0 Å². The molecule has 2 N–H and O–H groups in total. The van der Waals surface area contributed by atoms with Gasteiger partial charge in [0, 0.05) is 25.2 Å². The van der Waals surface area contributed by atoms with E-state index in [2.05, 4.69) is 62.3 Å². The molecule has 0 spiro atoms. The molecule has 4 nitrogen and oxygen atoms in total. The van der Waals surface area contributed by atoms with E-state index < -0.39 is 0 Å². The van der Waals surface area contributed by atoms with Crippen molar-refractivity contribution in [3.63, 3.8) is 0 Å². The Morgan fingerprint density at radius 1 is 1.13 bits per heavy atom. The molecule has 0 aromatic carbocycles. The third-order valence-corrected chi connectivity index (χ3v) is 1.84. The molecule has 0 aromatic heterocycles. The van der Waals surface area contributed by atoms with E-state index in [0.29, 0.717) is 12.1 Å². The maximum absolute atomic E-state index is 4.51. The van der Waals surface area contributed by atoms with E-state index in [0.717, 1.165) is 19.0 Å². The summed E-state index contributed by atoms with van der Waals surface area (Å²) in [5.74, 6) is 0.865. The van der Waals surface area contributed by atoms with Gasteiger partial charge in [-0.25, -0.2) is 10.0 Å². The van der Waals surface area contributed by atoms with Crippen molar-refractivity contribution in [1.29, 1.82) is 0 Å². The number of aliphatic imine (C=N–C) groups is 1. The fourth-order valence-electron chi connectivity index (χ4n) is 1.16. The van der Waals surface area contributed by atoms with Gasteiger partial charge in [0.05, 0.1) is 0 Å². The molecule has 0 aliphatic carbocycles. The van der Waals surface area contributed by atoms with E-state index in [4.69, 9.17) is 0 Å². The van der Waals surface area contributed by atoms with Crippen molar-refractivity contribution < 1.29 is 0 Å². The molecule has 15 heavy (non-hydrogen) atoms. The van der Waals surface area contributed by atoms with Gasteiger partial charge in [-0.2, -0.15) is 0 Å². The monoisotopic (exact) mass is 214 g/mol. The Kier molecular flexibility index (Phi) is 7.13. The van der Waals surface area contributed by atoms with Crippen molar-refractivity contribution in [2.75, 3.05) is 13.1 Å². The number of nitrogens with one attached hydrogen (secondary N) is 2. The number of hydrogen-bond donors (Lipinski definition) is 2. The maximum Gasteiger partial charge on any atom is 0.206 e. The first-order valence-electron chi connectivity index (χ1n) is 5.85. The predicted octanol–water partition coefficient (Wildman–Crippen LogP) is 1.60. The van der Waals surface area contributed by atoms with Crippen LogP contribution in [0.25, 0.3) is 0 Å². The SMILES string of the molecule is CCN(CC)NC(=NC(C)C)NC(C)C. The highest BCUT2D eigenvalue weighted by atomic mass is 15.5. The quantitative estimate of drug-likeness (QED) is 0.415. The summed E-state index contributed by atoms with van der Waals surface area (Å²) in [6.07, 6.45) is 0. The molecular weight excluding hydrogens is 188 g/mol. The smallest absolute Gasteiger partial charge is 0.206 e. The van der Waals surface area contributed by atoms with E-state index in [-0.39, 0.29) is 0 Å². The van der Waals surface area contributed by atoms with Gasteiger partial charge in [0.2, 0.25) is 5.96 Å². The van der Waals surface area contributed by atoms with Crippen molar-refractivity contribution in [3.8, 4) is 0 Å². The molecule has 0 atom stereocenters. The largest absolute Gasteiger partial charge is 0.353 e.